The molecule has 0 saturated carbocycles. The van der Waals surface area contributed by atoms with Crippen LogP contribution >= 0.6 is 11.3 Å². The SMILES string of the molecule is O=C(O)C1CCN(c2nc(-c3ccc(-c4cnco4)cc3)c(-c3cncnc3)s2)CC1. The van der Waals surface area contributed by atoms with E-state index in [0.717, 1.165) is 32.4 Å². The topological polar surface area (TPSA) is 105 Å². The Bertz CT molecular complexity index is 1170. The van der Waals surface area contributed by atoms with E-state index in [1.165, 1.54) is 12.7 Å². The number of anilines is 1. The van der Waals surface area contributed by atoms with Crippen LogP contribution in [0.2, 0.25) is 0 Å². The second kappa shape index (κ2) is 8.27. The van der Waals surface area contributed by atoms with E-state index in [1.54, 1.807) is 29.9 Å². The molecule has 0 aliphatic carbocycles. The van der Waals surface area contributed by atoms with Crippen LogP contribution in [0.25, 0.3) is 33.0 Å². The van der Waals surface area contributed by atoms with Crippen molar-refractivity contribution in [2.45, 2.75) is 12.8 Å². The minimum Gasteiger partial charge on any atom is -0.481 e. The molecule has 0 atom stereocenters. The highest BCUT2D eigenvalue weighted by Crippen LogP contribution is 2.41. The number of carboxylic acids is 1. The molecule has 1 aliphatic rings. The zero-order valence-corrected chi connectivity index (χ0v) is 17.3. The average Bonchev–Trinajstić information content (AvgIpc) is 3.51. The Labute approximate surface area is 182 Å². The molecule has 0 amide bonds. The first-order chi connectivity index (χ1) is 15.2. The van der Waals surface area contributed by atoms with Crippen LogP contribution in [0.5, 0.6) is 0 Å². The second-order valence-electron chi connectivity index (χ2n) is 7.34. The van der Waals surface area contributed by atoms with E-state index in [2.05, 4.69) is 19.9 Å². The van der Waals surface area contributed by atoms with Crippen LogP contribution in [-0.2, 0) is 4.79 Å². The third kappa shape index (κ3) is 3.91. The molecule has 156 valence electrons. The molecule has 1 aromatic carbocycles. The molecule has 1 N–H and O–H groups in total. The number of thiazole rings is 1. The molecule has 1 aliphatic heterocycles. The van der Waals surface area contributed by atoms with Gasteiger partial charge in [0.15, 0.2) is 17.3 Å². The quantitative estimate of drug-likeness (QED) is 0.499. The van der Waals surface area contributed by atoms with Crippen molar-refractivity contribution in [2.24, 2.45) is 5.92 Å². The van der Waals surface area contributed by atoms with Crippen molar-refractivity contribution in [3.05, 3.63) is 55.6 Å². The number of nitrogens with zero attached hydrogens (tertiary/aromatic N) is 5. The third-order valence-corrected chi connectivity index (χ3v) is 6.59. The Balaban J connectivity index is 1.49. The first-order valence-corrected chi connectivity index (χ1v) is 10.7. The van der Waals surface area contributed by atoms with E-state index in [0.29, 0.717) is 31.7 Å². The molecule has 0 radical (unpaired) electrons. The van der Waals surface area contributed by atoms with Crippen LogP contribution < -0.4 is 4.90 Å². The Morgan fingerprint density at radius 1 is 1.00 bits per heavy atom. The van der Waals surface area contributed by atoms with Gasteiger partial charge in [0, 0.05) is 42.2 Å². The number of aliphatic carboxylic acids is 1. The van der Waals surface area contributed by atoms with Crippen LogP contribution in [0.3, 0.4) is 0 Å². The van der Waals surface area contributed by atoms with Crippen molar-refractivity contribution < 1.29 is 14.3 Å². The molecule has 4 aromatic rings. The van der Waals surface area contributed by atoms with Crippen molar-refractivity contribution >= 4 is 22.4 Å². The van der Waals surface area contributed by atoms with Gasteiger partial charge < -0.3 is 14.4 Å². The van der Waals surface area contributed by atoms with E-state index < -0.39 is 5.97 Å². The summed E-state index contributed by atoms with van der Waals surface area (Å²) in [5, 5.41) is 10.2. The molecule has 3 aromatic heterocycles. The zero-order valence-electron chi connectivity index (χ0n) is 16.5. The Morgan fingerprint density at radius 2 is 1.71 bits per heavy atom. The summed E-state index contributed by atoms with van der Waals surface area (Å²) >= 11 is 1.58. The molecule has 31 heavy (non-hydrogen) atoms. The molecular weight excluding hydrogens is 414 g/mol. The third-order valence-electron chi connectivity index (χ3n) is 5.43. The van der Waals surface area contributed by atoms with Crippen molar-refractivity contribution in [1.82, 2.24) is 19.9 Å². The molecule has 0 unspecified atom stereocenters. The second-order valence-corrected chi connectivity index (χ2v) is 8.32. The molecule has 1 saturated heterocycles. The van der Waals surface area contributed by atoms with Crippen LogP contribution in [0.4, 0.5) is 5.13 Å². The summed E-state index contributed by atoms with van der Waals surface area (Å²) < 4.78 is 5.38. The summed E-state index contributed by atoms with van der Waals surface area (Å²) in [5.41, 5.74) is 3.68. The van der Waals surface area contributed by atoms with Gasteiger partial charge in [0.05, 0.1) is 22.7 Å². The minimum atomic E-state index is -0.714. The number of carboxylic acid groups (broad SMARTS) is 1. The van der Waals surface area contributed by atoms with Crippen LogP contribution in [0.1, 0.15) is 12.8 Å². The lowest BCUT2D eigenvalue weighted by Gasteiger charge is -2.29. The van der Waals surface area contributed by atoms with E-state index in [1.807, 2.05) is 24.3 Å². The van der Waals surface area contributed by atoms with Crippen LogP contribution in [-0.4, -0.2) is 44.1 Å². The summed E-state index contributed by atoms with van der Waals surface area (Å²) in [6.45, 7) is 1.36. The van der Waals surface area contributed by atoms with Gasteiger partial charge in [-0.1, -0.05) is 35.6 Å². The van der Waals surface area contributed by atoms with Gasteiger partial charge in [-0.25, -0.2) is 19.9 Å². The lowest BCUT2D eigenvalue weighted by Crippen LogP contribution is -2.36. The smallest absolute Gasteiger partial charge is 0.306 e. The number of rotatable bonds is 5. The maximum absolute atomic E-state index is 11.3. The molecule has 0 spiro atoms. The molecule has 4 heterocycles. The van der Waals surface area contributed by atoms with Crippen LogP contribution in [0.15, 0.2) is 60.0 Å². The Hall–Kier alpha value is -3.59. The summed E-state index contributed by atoms with van der Waals surface area (Å²) in [7, 11) is 0. The van der Waals surface area contributed by atoms with Gasteiger partial charge in [0.2, 0.25) is 0 Å². The summed E-state index contributed by atoms with van der Waals surface area (Å²) in [5.74, 6) is -0.279. The standard InChI is InChI=1S/C22H19N5O3S/c28-21(29)16-5-7-27(8-6-16)22-26-19(20(31-22)17-9-23-12-24-10-17)15-3-1-14(2-4-15)18-11-25-13-30-18/h1-4,9-13,16H,5-8H2,(H,28,29). The molecule has 9 heteroatoms. The normalized spacial score (nSPS) is 14.6. The highest BCUT2D eigenvalue weighted by atomic mass is 32.1. The maximum atomic E-state index is 11.3. The van der Waals surface area contributed by atoms with Crippen LogP contribution in [0, 0.1) is 5.92 Å². The lowest BCUT2D eigenvalue weighted by atomic mass is 9.97. The maximum Gasteiger partial charge on any atom is 0.306 e. The summed E-state index contributed by atoms with van der Waals surface area (Å²) in [6, 6.07) is 8.00. The fourth-order valence-corrected chi connectivity index (χ4v) is 4.83. The highest BCUT2D eigenvalue weighted by Gasteiger charge is 2.27. The van der Waals surface area contributed by atoms with Crippen molar-refractivity contribution in [3.63, 3.8) is 0 Å². The molecule has 8 nitrogen and oxygen atoms in total. The van der Waals surface area contributed by atoms with Gasteiger partial charge in [-0.3, -0.25) is 4.79 Å². The predicted molar refractivity (Wildman–Crippen MR) is 117 cm³/mol. The number of piperidine rings is 1. The van der Waals surface area contributed by atoms with Crippen molar-refractivity contribution in [2.75, 3.05) is 18.0 Å². The van der Waals surface area contributed by atoms with E-state index >= 15 is 0 Å². The van der Waals surface area contributed by atoms with Crippen molar-refractivity contribution in [3.8, 4) is 33.0 Å². The minimum absolute atomic E-state index is 0.277. The number of hydrogen-bond donors (Lipinski definition) is 1. The summed E-state index contributed by atoms with van der Waals surface area (Å²) in [6.07, 6.45) is 9.43. The van der Waals surface area contributed by atoms with E-state index in [9.17, 15) is 9.90 Å². The highest BCUT2D eigenvalue weighted by molar-refractivity contribution is 7.19. The number of benzene rings is 1. The number of aromatic nitrogens is 4. The summed E-state index contributed by atoms with van der Waals surface area (Å²) in [4.78, 5) is 31.7. The van der Waals surface area contributed by atoms with E-state index in [4.69, 9.17) is 9.40 Å². The zero-order chi connectivity index (χ0) is 21.2. The van der Waals surface area contributed by atoms with Gasteiger partial charge in [-0.05, 0) is 12.8 Å². The fourth-order valence-electron chi connectivity index (χ4n) is 3.72. The molecule has 5 rings (SSSR count). The molecule has 1 fully saturated rings. The Kier molecular flexibility index (Phi) is 5.17. The average molecular weight is 433 g/mol. The van der Waals surface area contributed by atoms with Gasteiger partial charge in [-0.15, -0.1) is 0 Å². The number of oxazole rings is 1. The van der Waals surface area contributed by atoms with Gasteiger partial charge >= 0.3 is 5.97 Å². The number of carbonyl (C=O) groups is 1. The van der Waals surface area contributed by atoms with Gasteiger partial charge in [-0.2, -0.15) is 0 Å². The van der Waals surface area contributed by atoms with Gasteiger partial charge in [0.25, 0.3) is 0 Å². The van der Waals surface area contributed by atoms with Crippen molar-refractivity contribution in [1.29, 1.82) is 0 Å². The first-order valence-electron chi connectivity index (χ1n) is 9.92. The first kappa shape index (κ1) is 19.4. The largest absolute Gasteiger partial charge is 0.481 e. The molecular formula is C22H19N5O3S. The Morgan fingerprint density at radius 3 is 2.35 bits per heavy atom. The predicted octanol–water partition coefficient (Wildman–Crippen LogP) is 4.22. The molecule has 0 bridgehead atoms. The number of hydrogen-bond acceptors (Lipinski definition) is 8. The van der Waals surface area contributed by atoms with Gasteiger partial charge in [0.1, 0.15) is 6.33 Å². The monoisotopic (exact) mass is 433 g/mol. The fraction of sp³-hybridized carbons (Fsp3) is 0.227. The lowest BCUT2D eigenvalue weighted by molar-refractivity contribution is -0.142. The van der Waals surface area contributed by atoms with E-state index in [-0.39, 0.29) is 5.92 Å².